The average molecular weight is 302 g/mol. The number of anilines is 1. The fraction of sp³-hybridized carbons (Fsp3) is 0.429. The molecule has 3 rings (SSSR count). The number of morpholine rings is 1. The molecule has 3 heterocycles. The molecular weight excluding hydrogens is 284 g/mol. The molecule has 1 atom stereocenters. The summed E-state index contributed by atoms with van der Waals surface area (Å²) in [4.78, 5) is 13.6. The van der Waals surface area contributed by atoms with E-state index in [-0.39, 0.29) is 12.0 Å². The van der Waals surface area contributed by atoms with Crippen LogP contribution >= 0.6 is 0 Å². The Balaban J connectivity index is 1.65. The zero-order valence-electron chi connectivity index (χ0n) is 12.3. The average Bonchev–Trinajstić information content (AvgIpc) is 3.07. The summed E-state index contributed by atoms with van der Waals surface area (Å²) in [5.74, 6) is 0.513. The number of hydrogen-bond acceptors (Lipinski definition) is 6. The van der Waals surface area contributed by atoms with Gasteiger partial charge in [-0.25, -0.2) is 0 Å². The molecule has 1 amide bonds. The Morgan fingerprint density at radius 2 is 2.36 bits per heavy atom. The zero-order valence-corrected chi connectivity index (χ0v) is 12.3. The summed E-state index contributed by atoms with van der Waals surface area (Å²) < 4.78 is 7.62. The van der Waals surface area contributed by atoms with Crippen molar-refractivity contribution in [3.63, 3.8) is 0 Å². The SMILES string of the molecule is CNC(=O)c1ccc(N2CCOC(Cn3cccn3)C2)nn1. The van der Waals surface area contributed by atoms with Gasteiger partial charge in [-0.15, -0.1) is 10.2 Å². The quantitative estimate of drug-likeness (QED) is 0.851. The number of carbonyl (C=O) groups is 1. The van der Waals surface area contributed by atoms with Crippen LogP contribution in [0, 0.1) is 0 Å². The minimum atomic E-state index is -0.238. The highest BCUT2D eigenvalue weighted by atomic mass is 16.5. The minimum absolute atomic E-state index is 0.0501. The maximum atomic E-state index is 11.5. The van der Waals surface area contributed by atoms with Crippen LogP contribution in [0.15, 0.2) is 30.6 Å². The number of hydrogen-bond donors (Lipinski definition) is 1. The summed E-state index contributed by atoms with van der Waals surface area (Å²) in [5, 5.41) is 14.8. The topological polar surface area (TPSA) is 85.2 Å². The lowest BCUT2D eigenvalue weighted by Gasteiger charge is -2.33. The number of aromatic nitrogens is 4. The molecular formula is C14H18N6O2. The third-order valence-electron chi connectivity index (χ3n) is 3.52. The Hall–Kier alpha value is -2.48. The fourth-order valence-electron chi connectivity index (χ4n) is 2.40. The molecule has 1 aliphatic rings. The molecule has 8 nitrogen and oxygen atoms in total. The standard InChI is InChI=1S/C14H18N6O2/c1-15-14(21)12-3-4-13(18-17-12)19-7-8-22-11(9-19)10-20-6-2-5-16-20/h2-6,11H,7-10H2,1H3,(H,15,21). The van der Waals surface area contributed by atoms with E-state index < -0.39 is 0 Å². The molecule has 8 heteroatoms. The maximum absolute atomic E-state index is 11.5. The summed E-state index contributed by atoms with van der Waals surface area (Å²) in [6.45, 7) is 2.80. The second kappa shape index (κ2) is 6.52. The number of nitrogens with one attached hydrogen (secondary N) is 1. The molecule has 0 radical (unpaired) electrons. The molecule has 0 spiro atoms. The lowest BCUT2D eigenvalue weighted by atomic mass is 10.2. The fourth-order valence-corrected chi connectivity index (χ4v) is 2.40. The van der Waals surface area contributed by atoms with Crippen molar-refractivity contribution in [3.05, 3.63) is 36.3 Å². The van der Waals surface area contributed by atoms with Crippen molar-refractivity contribution < 1.29 is 9.53 Å². The second-order valence-electron chi connectivity index (χ2n) is 5.02. The predicted molar refractivity (Wildman–Crippen MR) is 79.6 cm³/mol. The van der Waals surface area contributed by atoms with Gasteiger partial charge in [0, 0.05) is 32.5 Å². The number of nitrogens with zero attached hydrogens (tertiary/aromatic N) is 5. The Kier molecular flexibility index (Phi) is 4.29. The van der Waals surface area contributed by atoms with Crippen molar-refractivity contribution in [1.29, 1.82) is 0 Å². The number of carbonyl (C=O) groups excluding carboxylic acids is 1. The third kappa shape index (κ3) is 3.22. The first-order chi connectivity index (χ1) is 10.8. The molecule has 0 saturated carbocycles. The molecule has 1 aliphatic heterocycles. The molecule has 1 saturated heterocycles. The molecule has 2 aromatic heterocycles. The first kappa shape index (κ1) is 14.5. The summed E-state index contributed by atoms with van der Waals surface area (Å²) in [6, 6.07) is 5.39. The van der Waals surface area contributed by atoms with Gasteiger partial charge in [0.15, 0.2) is 11.5 Å². The Labute approximate surface area is 128 Å². The third-order valence-corrected chi connectivity index (χ3v) is 3.52. The van der Waals surface area contributed by atoms with Crippen molar-refractivity contribution in [2.45, 2.75) is 12.6 Å². The van der Waals surface area contributed by atoms with Gasteiger partial charge in [0.2, 0.25) is 0 Å². The van der Waals surface area contributed by atoms with Crippen LogP contribution in [0.3, 0.4) is 0 Å². The predicted octanol–water partition coefficient (Wildman–Crippen LogP) is -0.0619. The van der Waals surface area contributed by atoms with E-state index in [1.807, 2.05) is 23.0 Å². The monoisotopic (exact) mass is 302 g/mol. The van der Waals surface area contributed by atoms with Crippen molar-refractivity contribution in [1.82, 2.24) is 25.3 Å². The Bertz CT molecular complexity index is 613. The van der Waals surface area contributed by atoms with Crippen LogP contribution in [0.2, 0.25) is 0 Å². The van der Waals surface area contributed by atoms with Gasteiger partial charge in [-0.1, -0.05) is 0 Å². The Morgan fingerprint density at radius 3 is 3.05 bits per heavy atom. The van der Waals surface area contributed by atoms with E-state index in [1.54, 1.807) is 19.3 Å². The van der Waals surface area contributed by atoms with Gasteiger partial charge >= 0.3 is 0 Å². The van der Waals surface area contributed by atoms with Gasteiger partial charge in [-0.05, 0) is 18.2 Å². The molecule has 1 unspecified atom stereocenters. The highest BCUT2D eigenvalue weighted by Crippen LogP contribution is 2.15. The summed E-state index contributed by atoms with van der Waals surface area (Å²) in [7, 11) is 1.57. The van der Waals surface area contributed by atoms with Crippen molar-refractivity contribution >= 4 is 11.7 Å². The highest BCUT2D eigenvalue weighted by molar-refractivity contribution is 5.91. The first-order valence-corrected chi connectivity index (χ1v) is 7.16. The largest absolute Gasteiger partial charge is 0.373 e. The number of ether oxygens (including phenoxy) is 1. The minimum Gasteiger partial charge on any atom is -0.373 e. The van der Waals surface area contributed by atoms with Gasteiger partial charge in [-0.2, -0.15) is 5.10 Å². The normalized spacial score (nSPS) is 18.2. The van der Waals surface area contributed by atoms with Gasteiger partial charge in [0.1, 0.15) is 0 Å². The smallest absolute Gasteiger partial charge is 0.271 e. The zero-order chi connectivity index (χ0) is 15.4. The van der Waals surface area contributed by atoms with Crippen molar-refractivity contribution in [3.8, 4) is 0 Å². The van der Waals surface area contributed by atoms with Crippen molar-refractivity contribution in [2.75, 3.05) is 31.6 Å². The second-order valence-corrected chi connectivity index (χ2v) is 5.02. The molecule has 116 valence electrons. The molecule has 0 bridgehead atoms. The van der Waals surface area contributed by atoms with Crippen LogP contribution in [0.25, 0.3) is 0 Å². The van der Waals surface area contributed by atoms with E-state index in [1.165, 1.54) is 0 Å². The summed E-state index contributed by atoms with van der Waals surface area (Å²) in [6.07, 6.45) is 3.72. The lowest BCUT2D eigenvalue weighted by Crippen LogP contribution is -2.44. The van der Waals surface area contributed by atoms with Gasteiger partial charge in [-0.3, -0.25) is 9.48 Å². The molecule has 1 fully saturated rings. The van der Waals surface area contributed by atoms with Crippen LogP contribution in [-0.2, 0) is 11.3 Å². The molecule has 0 aliphatic carbocycles. The lowest BCUT2D eigenvalue weighted by molar-refractivity contribution is 0.0271. The van der Waals surface area contributed by atoms with E-state index in [9.17, 15) is 4.79 Å². The van der Waals surface area contributed by atoms with E-state index in [0.717, 1.165) is 12.4 Å². The van der Waals surface area contributed by atoms with E-state index in [2.05, 4.69) is 25.5 Å². The molecule has 2 aromatic rings. The molecule has 1 N–H and O–H groups in total. The highest BCUT2D eigenvalue weighted by Gasteiger charge is 2.22. The van der Waals surface area contributed by atoms with Crippen LogP contribution in [0.1, 0.15) is 10.5 Å². The summed E-state index contributed by atoms with van der Waals surface area (Å²) in [5.41, 5.74) is 0.313. The van der Waals surface area contributed by atoms with Crippen molar-refractivity contribution in [2.24, 2.45) is 0 Å². The molecule has 22 heavy (non-hydrogen) atoms. The number of rotatable bonds is 4. The van der Waals surface area contributed by atoms with E-state index in [4.69, 9.17) is 4.74 Å². The Morgan fingerprint density at radius 1 is 1.45 bits per heavy atom. The van der Waals surface area contributed by atoms with Crippen LogP contribution in [0.4, 0.5) is 5.82 Å². The maximum Gasteiger partial charge on any atom is 0.271 e. The van der Waals surface area contributed by atoms with Gasteiger partial charge in [0.25, 0.3) is 5.91 Å². The van der Waals surface area contributed by atoms with Gasteiger partial charge in [0.05, 0.1) is 19.3 Å². The van der Waals surface area contributed by atoms with Crippen LogP contribution in [-0.4, -0.2) is 58.7 Å². The van der Waals surface area contributed by atoms with Crippen LogP contribution < -0.4 is 10.2 Å². The molecule has 0 aromatic carbocycles. The number of amides is 1. The summed E-state index contributed by atoms with van der Waals surface area (Å²) >= 11 is 0. The van der Waals surface area contributed by atoms with Gasteiger partial charge < -0.3 is 15.0 Å². The van der Waals surface area contributed by atoms with E-state index >= 15 is 0 Å². The van der Waals surface area contributed by atoms with Crippen LogP contribution in [0.5, 0.6) is 0 Å². The van der Waals surface area contributed by atoms with E-state index in [0.29, 0.717) is 25.4 Å². The first-order valence-electron chi connectivity index (χ1n) is 7.16.